The van der Waals surface area contributed by atoms with Gasteiger partial charge in [-0.1, -0.05) is 23.9 Å². The third-order valence-electron chi connectivity index (χ3n) is 4.81. The molecule has 0 fully saturated rings. The molecular weight excluding hydrogens is 416 g/mol. The number of nitrogens with zero attached hydrogens (tertiary/aromatic N) is 6. The number of amides is 1. The summed E-state index contributed by atoms with van der Waals surface area (Å²) in [5, 5.41) is 7.83. The number of thiazole rings is 1. The van der Waals surface area contributed by atoms with E-state index in [0.717, 1.165) is 33.9 Å². The summed E-state index contributed by atoms with van der Waals surface area (Å²) in [7, 11) is 0. The lowest BCUT2D eigenvalue weighted by atomic mass is 10.1. The van der Waals surface area contributed by atoms with Crippen molar-refractivity contribution in [2.45, 2.75) is 45.5 Å². The Balaban J connectivity index is 1.55. The number of aromatic nitrogens is 5. The van der Waals surface area contributed by atoms with Crippen LogP contribution in [0.5, 0.6) is 0 Å². The van der Waals surface area contributed by atoms with Gasteiger partial charge < -0.3 is 0 Å². The molecule has 0 aliphatic heterocycles. The van der Waals surface area contributed by atoms with Gasteiger partial charge in [-0.15, -0.1) is 16.4 Å². The molecule has 0 saturated heterocycles. The molecule has 7 nitrogen and oxygen atoms in total. The number of hydrogen-bond donors (Lipinski definition) is 0. The number of thioether (sulfide) groups is 1. The van der Waals surface area contributed by atoms with Crippen LogP contribution in [-0.4, -0.2) is 30.5 Å². The molecule has 4 aromatic rings. The molecule has 1 aromatic carbocycles. The normalized spacial score (nSPS) is 11.2. The Morgan fingerprint density at radius 1 is 1.17 bits per heavy atom. The molecule has 3 heterocycles. The van der Waals surface area contributed by atoms with E-state index >= 15 is 0 Å². The maximum absolute atomic E-state index is 12.4. The number of fused-ring (bicyclic) bond motifs is 1. The Labute approximate surface area is 183 Å². The van der Waals surface area contributed by atoms with Gasteiger partial charge in [-0.05, 0) is 51.0 Å². The van der Waals surface area contributed by atoms with Gasteiger partial charge in [-0.3, -0.25) is 9.69 Å². The van der Waals surface area contributed by atoms with Crippen molar-refractivity contribution in [1.82, 2.24) is 24.6 Å². The van der Waals surface area contributed by atoms with Crippen LogP contribution in [0.15, 0.2) is 34.8 Å². The Hall–Kier alpha value is -2.78. The van der Waals surface area contributed by atoms with Crippen molar-refractivity contribution >= 4 is 45.6 Å². The van der Waals surface area contributed by atoms with Crippen molar-refractivity contribution in [2.24, 2.45) is 0 Å². The van der Waals surface area contributed by atoms with Gasteiger partial charge in [0, 0.05) is 29.4 Å². The van der Waals surface area contributed by atoms with Gasteiger partial charge >= 0.3 is 0 Å². The van der Waals surface area contributed by atoms with Crippen molar-refractivity contribution in [2.75, 3.05) is 4.90 Å². The summed E-state index contributed by atoms with van der Waals surface area (Å²) in [4.78, 5) is 27.7. The van der Waals surface area contributed by atoms with Gasteiger partial charge in [0.2, 0.25) is 11.1 Å². The van der Waals surface area contributed by atoms with Crippen molar-refractivity contribution in [3.05, 3.63) is 57.9 Å². The van der Waals surface area contributed by atoms with E-state index in [2.05, 4.69) is 15.1 Å². The molecule has 0 radical (unpaired) electrons. The van der Waals surface area contributed by atoms with Crippen molar-refractivity contribution in [3.63, 3.8) is 0 Å². The summed E-state index contributed by atoms with van der Waals surface area (Å²) in [5.41, 5.74) is 5.89. The SMILES string of the molecule is CC(=O)N(c1nc(CSc2nc3nc(C)cc(C)n3n2)cs1)c1cccc(C)c1C. The number of rotatable bonds is 5. The number of benzene rings is 1. The van der Waals surface area contributed by atoms with Crippen LogP contribution in [0.1, 0.15) is 35.1 Å². The van der Waals surface area contributed by atoms with E-state index in [1.165, 1.54) is 23.1 Å². The van der Waals surface area contributed by atoms with Gasteiger partial charge in [0.25, 0.3) is 5.78 Å². The molecule has 0 atom stereocenters. The number of aryl methyl sites for hydroxylation is 3. The van der Waals surface area contributed by atoms with Crippen LogP contribution in [0.25, 0.3) is 5.78 Å². The zero-order chi connectivity index (χ0) is 21.4. The predicted octanol–water partition coefficient (Wildman–Crippen LogP) is 4.79. The molecule has 0 unspecified atom stereocenters. The lowest BCUT2D eigenvalue weighted by Crippen LogP contribution is -2.23. The van der Waals surface area contributed by atoms with Crippen LogP contribution in [-0.2, 0) is 10.5 Å². The fourth-order valence-electron chi connectivity index (χ4n) is 3.20. The van der Waals surface area contributed by atoms with E-state index in [0.29, 0.717) is 21.8 Å². The lowest BCUT2D eigenvalue weighted by Gasteiger charge is -2.21. The molecule has 30 heavy (non-hydrogen) atoms. The molecule has 0 saturated carbocycles. The summed E-state index contributed by atoms with van der Waals surface area (Å²) in [6.45, 7) is 9.57. The first-order valence-electron chi connectivity index (χ1n) is 9.48. The minimum Gasteiger partial charge on any atom is -0.274 e. The first-order chi connectivity index (χ1) is 14.3. The van der Waals surface area contributed by atoms with E-state index < -0.39 is 0 Å². The zero-order valence-electron chi connectivity index (χ0n) is 17.5. The van der Waals surface area contributed by atoms with Crippen molar-refractivity contribution in [1.29, 1.82) is 0 Å². The van der Waals surface area contributed by atoms with Gasteiger partial charge in [0.1, 0.15) is 0 Å². The summed E-state index contributed by atoms with van der Waals surface area (Å²) in [5.74, 6) is 1.16. The van der Waals surface area contributed by atoms with Crippen LogP contribution < -0.4 is 4.90 Å². The minimum atomic E-state index is -0.0591. The summed E-state index contributed by atoms with van der Waals surface area (Å²) in [6.07, 6.45) is 0. The molecule has 0 aliphatic rings. The minimum absolute atomic E-state index is 0.0591. The highest BCUT2D eigenvalue weighted by atomic mass is 32.2. The number of carbonyl (C=O) groups is 1. The van der Waals surface area contributed by atoms with Crippen LogP contribution in [0.3, 0.4) is 0 Å². The summed E-state index contributed by atoms with van der Waals surface area (Å²) < 4.78 is 1.75. The fraction of sp³-hybridized carbons (Fsp3) is 0.286. The van der Waals surface area contributed by atoms with Crippen molar-refractivity contribution in [3.8, 4) is 0 Å². The zero-order valence-corrected chi connectivity index (χ0v) is 19.1. The second-order valence-corrected chi connectivity index (χ2v) is 8.91. The Morgan fingerprint density at radius 2 is 1.97 bits per heavy atom. The summed E-state index contributed by atoms with van der Waals surface area (Å²) in [6, 6.07) is 7.94. The smallest absolute Gasteiger partial charge is 0.253 e. The quantitative estimate of drug-likeness (QED) is 0.417. The van der Waals surface area contributed by atoms with Crippen LogP contribution in [0.4, 0.5) is 10.8 Å². The highest BCUT2D eigenvalue weighted by molar-refractivity contribution is 7.98. The van der Waals surface area contributed by atoms with Gasteiger partial charge in [0.15, 0.2) is 5.13 Å². The molecule has 3 aromatic heterocycles. The molecule has 1 amide bonds. The fourth-order valence-corrected chi connectivity index (χ4v) is 4.89. The second-order valence-electron chi connectivity index (χ2n) is 7.13. The number of hydrogen-bond acceptors (Lipinski definition) is 7. The third-order valence-corrected chi connectivity index (χ3v) is 6.56. The molecule has 0 N–H and O–H groups in total. The van der Waals surface area contributed by atoms with E-state index in [1.54, 1.807) is 16.3 Å². The molecule has 0 bridgehead atoms. The standard InChI is InChI=1S/C21H22N6OS2/c1-12-7-6-8-18(15(12)4)26(16(5)28)21-23-17(11-30-21)10-29-20-24-19-22-13(2)9-14(3)27(19)25-20/h6-9,11H,10H2,1-5H3. The van der Waals surface area contributed by atoms with Crippen LogP contribution in [0.2, 0.25) is 0 Å². The Bertz CT molecular complexity index is 1250. The largest absolute Gasteiger partial charge is 0.274 e. The molecule has 4 rings (SSSR count). The topological polar surface area (TPSA) is 76.3 Å². The van der Waals surface area contributed by atoms with E-state index in [1.807, 2.05) is 57.3 Å². The van der Waals surface area contributed by atoms with Crippen LogP contribution >= 0.6 is 23.1 Å². The van der Waals surface area contributed by atoms with Gasteiger partial charge in [0.05, 0.1) is 11.4 Å². The van der Waals surface area contributed by atoms with Gasteiger partial charge in [-0.25, -0.2) is 14.5 Å². The number of carbonyl (C=O) groups excluding carboxylic acids is 1. The average Bonchev–Trinajstić information content (AvgIpc) is 3.30. The average molecular weight is 439 g/mol. The van der Waals surface area contributed by atoms with Crippen LogP contribution in [0, 0.1) is 27.7 Å². The second kappa shape index (κ2) is 8.16. The summed E-state index contributed by atoms with van der Waals surface area (Å²) >= 11 is 2.97. The molecule has 0 spiro atoms. The van der Waals surface area contributed by atoms with E-state index in [9.17, 15) is 4.79 Å². The molecule has 0 aliphatic carbocycles. The van der Waals surface area contributed by atoms with Crippen molar-refractivity contribution < 1.29 is 4.79 Å². The monoisotopic (exact) mass is 438 g/mol. The lowest BCUT2D eigenvalue weighted by molar-refractivity contribution is -0.115. The molecule has 154 valence electrons. The number of anilines is 2. The first kappa shape index (κ1) is 20.5. The molecule has 9 heteroatoms. The highest BCUT2D eigenvalue weighted by Gasteiger charge is 2.20. The third kappa shape index (κ3) is 3.95. The Kier molecular flexibility index (Phi) is 5.57. The predicted molar refractivity (Wildman–Crippen MR) is 121 cm³/mol. The Morgan fingerprint density at radius 3 is 2.73 bits per heavy atom. The highest BCUT2D eigenvalue weighted by Crippen LogP contribution is 2.33. The maximum atomic E-state index is 12.4. The van der Waals surface area contributed by atoms with Gasteiger partial charge in [-0.2, -0.15) is 4.98 Å². The van der Waals surface area contributed by atoms with E-state index in [-0.39, 0.29) is 5.91 Å². The molecular formula is C21H22N6OS2. The maximum Gasteiger partial charge on any atom is 0.253 e. The van der Waals surface area contributed by atoms with E-state index in [4.69, 9.17) is 4.98 Å². The first-order valence-corrected chi connectivity index (χ1v) is 11.3.